The van der Waals surface area contributed by atoms with Crippen molar-refractivity contribution in [2.24, 2.45) is 5.92 Å². The Bertz CT molecular complexity index is 457. The second-order valence-electron chi connectivity index (χ2n) is 7.84. The van der Waals surface area contributed by atoms with Crippen LogP contribution in [0.25, 0.3) is 0 Å². The monoisotopic (exact) mass is 291 g/mol. The van der Waals surface area contributed by atoms with Gasteiger partial charge >= 0.3 is 0 Å². The third-order valence-electron chi connectivity index (χ3n) is 5.06. The van der Waals surface area contributed by atoms with Gasteiger partial charge in [-0.05, 0) is 38.1 Å². The summed E-state index contributed by atoms with van der Waals surface area (Å²) < 4.78 is 5.43. The van der Waals surface area contributed by atoms with Crippen molar-refractivity contribution in [3.05, 3.63) is 11.7 Å². The summed E-state index contributed by atoms with van der Waals surface area (Å²) in [5.74, 6) is 2.52. The minimum Gasteiger partial charge on any atom is -0.339 e. The summed E-state index contributed by atoms with van der Waals surface area (Å²) >= 11 is 0. The molecule has 1 aliphatic heterocycles. The maximum Gasteiger partial charge on any atom is 0.232 e. The molecule has 3 rings (SSSR count). The van der Waals surface area contributed by atoms with Crippen molar-refractivity contribution in [1.82, 2.24) is 15.0 Å². The van der Waals surface area contributed by atoms with E-state index in [1.165, 1.54) is 51.5 Å². The molecular weight excluding hydrogens is 262 g/mol. The van der Waals surface area contributed by atoms with Crippen LogP contribution in [0.5, 0.6) is 0 Å². The quantitative estimate of drug-likeness (QED) is 0.846. The Balaban J connectivity index is 1.64. The highest BCUT2D eigenvalue weighted by molar-refractivity contribution is 4.99. The first-order valence-corrected chi connectivity index (χ1v) is 8.61. The predicted molar refractivity (Wildman–Crippen MR) is 83.0 cm³/mol. The minimum atomic E-state index is -0.0565. The number of nitrogens with zero attached hydrogens (tertiary/aromatic N) is 3. The van der Waals surface area contributed by atoms with Crippen LogP contribution in [-0.2, 0) is 12.0 Å². The van der Waals surface area contributed by atoms with Gasteiger partial charge in [0.05, 0.1) is 6.54 Å². The first-order chi connectivity index (χ1) is 10.0. The summed E-state index contributed by atoms with van der Waals surface area (Å²) in [7, 11) is 0. The van der Waals surface area contributed by atoms with Gasteiger partial charge in [-0.3, -0.25) is 4.90 Å². The van der Waals surface area contributed by atoms with Gasteiger partial charge in [0.25, 0.3) is 0 Å². The van der Waals surface area contributed by atoms with Gasteiger partial charge < -0.3 is 4.52 Å². The van der Waals surface area contributed by atoms with E-state index in [0.29, 0.717) is 0 Å². The van der Waals surface area contributed by atoms with E-state index in [4.69, 9.17) is 4.52 Å². The van der Waals surface area contributed by atoms with Gasteiger partial charge in [0.15, 0.2) is 5.82 Å². The third kappa shape index (κ3) is 3.47. The Morgan fingerprint density at radius 3 is 2.52 bits per heavy atom. The predicted octanol–water partition coefficient (Wildman–Crippen LogP) is 3.91. The average Bonchev–Trinajstić information content (AvgIpc) is 3.09. The van der Waals surface area contributed by atoms with Crippen molar-refractivity contribution in [2.75, 3.05) is 6.54 Å². The molecule has 0 bridgehead atoms. The van der Waals surface area contributed by atoms with E-state index < -0.39 is 0 Å². The van der Waals surface area contributed by atoms with Crippen molar-refractivity contribution >= 4 is 0 Å². The summed E-state index contributed by atoms with van der Waals surface area (Å²) in [5.41, 5.74) is -0.0565. The van der Waals surface area contributed by atoms with Gasteiger partial charge in [-0.25, -0.2) is 0 Å². The molecule has 4 heteroatoms. The fourth-order valence-corrected chi connectivity index (χ4v) is 3.91. The first kappa shape index (κ1) is 15.0. The molecule has 1 atom stereocenters. The smallest absolute Gasteiger partial charge is 0.232 e. The summed E-state index contributed by atoms with van der Waals surface area (Å²) in [6, 6.07) is 0.752. The summed E-state index contributed by atoms with van der Waals surface area (Å²) in [5, 5.41) is 4.20. The molecule has 1 saturated carbocycles. The third-order valence-corrected chi connectivity index (χ3v) is 5.06. The Hall–Kier alpha value is -0.900. The molecular formula is C17H29N3O. The minimum absolute atomic E-state index is 0.0565. The van der Waals surface area contributed by atoms with Gasteiger partial charge in [0.1, 0.15) is 0 Å². The molecule has 0 radical (unpaired) electrons. The van der Waals surface area contributed by atoms with Crippen LogP contribution in [0.2, 0.25) is 0 Å². The van der Waals surface area contributed by atoms with Crippen LogP contribution in [0.1, 0.15) is 77.4 Å². The molecule has 1 saturated heterocycles. The number of likely N-dealkylation sites (tertiary alicyclic amines) is 1. The van der Waals surface area contributed by atoms with Crippen LogP contribution in [0, 0.1) is 5.92 Å². The van der Waals surface area contributed by atoms with Crippen LogP contribution < -0.4 is 0 Å². The van der Waals surface area contributed by atoms with Crippen molar-refractivity contribution in [1.29, 1.82) is 0 Å². The summed E-state index contributed by atoms with van der Waals surface area (Å²) in [4.78, 5) is 7.21. The normalized spacial score (nSPS) is 25.6. The van der Waals surface area contributed by atoms with E-state index in [0.717, 1.165) is 30.2 Å². The molecule has 2 heterocycles. The van der Waals surface area contributed by atoms with E-state index in [2.05, 4.69) is 35.8 Å². The average molecular weight is 291 g/mol. The van der Waals surface area contributed by atoms with Crippen LogP contribution in [0.15, 0.2) is 4.52 Å². The fourth-order valence-electron chi connectivity index (χ4n) is 3.91. The SMILES string of the molecule is CC(C)(C)c1nc(CN2CCCC2C2CCCCC2)no1. The molecule has 0 spiro atoms. The Kier molecular flexibility index (Phi) is 4.34. The Morgan fingerprint density at radius 1 is 1.10 bits per heavy atom. The van der Waals surface area contributed by atoms with Crippen molar-refractivity contribution in [3.8, 4) is 0 Å². The standard InChI is InChI=1S/C17H29N3O/c1-17(2,3)16-18-15(19-21-16)12-20-11-7-10-14(20)13-8-5-4-6-9-13/h13-14H,4-12H2,1-3H3. The summed E-state index contributed by atoms with van der Waals surface area (Å²) in [6.07, 6.45) is 9.79. The van der Waals surface area contributed by atoms with Crippen LogP contribution >= 0.6 is 0 Å². The van der Waals surface area contributed by atoms with Crippen LogP contribution in [0.4, 0.5) is 0 Å². The topological polar surface area (TPSA) is 42.2 Å². The lowest BCUT2D eigenvalue weighted by Crippen LogP contribution is -2.36. The molecule has 21 heavy (non-hydrogen) atoms. The lowest BCUT2D eigenvalue weighted by molar-refractivity contribution is 0.147. The lowest BCUT2D eigenvalue weighted by atomic mass is 9.83. The van der Waals surface area contributed by atoms with Crippen molar-refractivity contribution in [3.63, 3.8) is 0 Å². The maximum atomic E-state index is 5.43. The van der Waals surface area contributed by atoms with E-state index in [9.17, 15) is 0 Å². The fraction of sp³-hybridized carbons (Fsp3) is 0.882. The number of hydrogen-bond donors (Lipinski definition) is 0. The van der Waals surface area contributed by atoms with Crippen LogP contribution in [0.3, 0.4) is 0 Å². The Morgan fingerprint density at radius 2 is 1.86 bits per heavy atom. The molecule has 0 aromatic carbocycles. The first-order valence-electron chi connectivity index (χ1n) is 8.61. The van der Waals surface area contributed by atoms with Gasteiger partial charge in [0.2, 0.25) is 5.89 Å². The largest absolute Gasteiger partial charge is 0.339 e. The van der Waals surface area contributed by atoms with Crippen molar-refractivity contribution < 1.29 is 4.52 Å². The Labute approximate surface area is 128 Å². The zero-order valence-corrected chi connectivity index (χ0v) is 13.8. The zero-order chi connectivity index (χ0) is 14.9. The van der Waals surface area contributed by atoms with Crippen molar-refractivity contribution in [2.45, 2.75) is 83.7 Å². The van der Waals surface area contributed by atoms with Gasteiger partial charge in [-0.15, -0.1) is 0 Å². The van der Waals surface area contributed by atoms with E-state index in [1.54, 1.807) is 0 Å². The molecule has 1 aromatic heterocycles. The van der Waals surface area contributed by atoms with Crippen LogP contribution in [-0.4, -0.2) is 27.6 Å². The van der Waals surface area contributed by atoms with E-state index in [1.807, 2.05) is 0 Å². The molecule has 0 amide bonds. The molecule has 2 aliphatic rings. The molecule has 0 N–H and O–H groups in total. The van der Waals surface area contributed by atoms with Gasteiger partial charge in [0, 0.05) is 11.5 Å². The molecule has 1 unspecified atom stereocenters. The maximum absolute atomic E-state index is 5.43. The zero-order valence-electron chi connectivity index (χ0n) is 13.8. The van der Waals surface area contributed by atoms with E-state index >= 15 is 0 Å². The lowest BCUT2D eigenvalue weighted by Gasteiger charge is -2.33. The molecule has 118 valence electrons. The highest BCUT2D eigenvalue weighted by Crippen LogP contribution is 2.34. The van der Waals surface area contributed by atoms with Gasteiger partial charge in [-0.1, -0.05) is 45.2 Å². The molecule has 4 nitrogen and oxygen atoms in total. The van der Waals surface area contributed by atoms with E-state index in [-0.39, 0.29) is 5.41 Å². The number of aromatic nitrogens is 2. The molecule has 1 aromatic rings. The highest BCUT2D eigenvalue weighted by Gasteiger charge is 2.33. The number of rotatable bonds is 3. The highest BCUT2D eigenvalue weighted by atomic mass is 16.5. The van der Waals surface area contributed by atoms with Gasteiger partial charge in [-0.2, -0.15) is 4.98 Å². The molecule has 1 aliphatic carbocycles. The second kappa shape index (κ2) is 6.07. The molecule has 2 fully saturated rings. The number of hydrogen-bond acceptors (Lipinski definition) is 4. The second-order valence-corrected chi connectivity index (χ2v) is 7.84. The summed E-state index contributed by atoms with van der Waals surface area (Å²) in [6.45, 7) is 8.41.